The molecule has 1 aromatic carbocycles. The van der Waals surface area contributed by atoms with Gasteiger partial charge in [0.15, 0.2) is 5.76 Å². The molecule has 1 aliphatic rings. The van der Waals surface area contributed by atoms with E-state index < -0.39 is 0 Å². The van der Waals surface area contributed by atoms with E-state index in [1.807, 2.05) is 6.92 Å². The Labute approximate surface area is 145 Å². The molecule has 130 valence electrons. The molecular formula is C19H20FN3O2. The molecule has 0 saturated heterocycles. The summed E-state index contributed by atoms with van der Waals surface area (Å²) >= 11 is 0. The van der Waals surface area contributed by atoms with Gasteiger partial charge in [-0.2, -0.15) is 5.10 Å². The zero-order valence-corrected chi connectivity index (χ0v) is 14.1. The molecule has 0 saturated carbocycles. The molecule has 1 aromatic heterocycles. The summed E-state index contributed by atoms with van der Waals surface area (Å²) in [5.74, 6) is 0.562. The average Bonchev–Trinajstić information content (AvgIpc) is 2.97. The van der Waals surface area contributed by atoms with Crippen LogP contribution in [-0.2, 0) is 6.42 Å². The molecule has 25 heavy (non-hydrogen) atoms. The number of halogens is 1. The third-order valence-electron chi connectivity index (χ3n) is 4.10. The fourth-order valence-electron chi connectivity index (χ4n) is 2.90. The fourth-order valence-corrected chi connectivity index (χ4v) is 2.90. The SMILES string of the molecule is C=CCNC(=O)c1oc2c(c1C)/C(=N/Nc1ccc(F)cc1)CCC2. The maximum Gasteiger partial charge on any atom is 0.287 e. The summed E-state index contributed by atoms with van der Waals surface area (Å²) in [6.45, 7) is 5.84. The number of nitrogens with zero attached hydrogens (tertiary/aromatic N) is 1. The maximum atomic E-state index is 13.0. The number of anilines is 1. The lowest BCUT2D eigenvalue weighted by atomic mass is 9.93. The summed E-state index contributed by atoms with van der Waals surface area (Å²) in [6.07, 6.45) is 4.09. The molecule has 2 aromatic rings. The van der Waals surface area contributed by atoms with Crippen LogP contribution >= 0.6 is 0 Å². The van der Waals surface area contributed by atoms with Crippen molar-refractivity contribution >= 4 is 17.3 Å². The number of carbonyl (C=O) groups is 1. The minimum Gasteiger partial charge on any atom is -0.455 e. The summed E-state index contributed by atoms with van der Waals surface area (Å²) in [5, 5.41) is 7.19. The molecule has 2 N–H and O–H groups in total. The minimum atomic E-state index is -0.293. The second-order valence-electron chi connectivity index (χ2n) is 5.88. The van der Waals surface area contributed by atoms with E-state index in [0.717, 1.165) is 41.9 Å². The molecular weight excluding hydrogens is 321 g/mol. The highest BCUT2D eigenvalue weighted by atomic mass is 19.1. The first-order valence-electron chi connectivity index (χ1n) is 8.20. The van der Waals surface area contributed by atoms with Gasteiger partial charge >= 0.3 is 0 Å². The Morgan fingerprint density at radius 3 is 2.84 bits per heavy atom. The van der Waals surface area contributed by atoms with E-state index in [4.69, 9.17) is 4.42 Å². The number of amides is 1. The van der Waals surface area contributed by atoms with Crippen LogP contribution in [0.5, 0.6) is 0 Å². The van der Waals surface area contributed by atoms with Crippen LogP contribution in [-0.4, -0.2) is 18.2 Å². The van der Waals surface area contributed by atoms with Crippen molar-refractivity contribution in [1.29, 1.82) is 0 Å². The van der Waals surface area contributed by atoms with Gasteiger partial charge in [-0.1, -0.05) is 6.08 Å². The summed E-state index contributed by atoms with van der Waals surface area (Å²) in [5.41, 5.74) is 6.17. The van der Waals surface area contributed by atoms with Crippen LogP contribution in [0, 0.1) is 12.7 Å². The highest BCUT2D eigenvalue weighted by Gasteiger charge is 2.27. The Morgan fingerprint density at radius 1 is 1.36 bits per heavy atom. The van der Waals surface area contributed by atoms with Crippen LogP contribution in [0.3, 0.4) is 0 Å². The summed E-state index contributed by atoms with van der Waals surface area (Å²) in [6, 6.07) is 6.00. The Kier molecular flexibility index (Phi) is 4.97. The van der Waals surface area contributed by atoms with Crippen molar-refractivity contribution < 1.29 is 13.6 Å². The molecule has 0 atom stereocenters. The number of hydrogen-bond donors (Lipinski definition) is 2. The first kappa shape index (κ1) is 17.0. The van der Waals surface area contributed by atoms with Crippen LogP contribution in [0.15, 0.2) is 46.4 Å². The van der Waals surface area contributed by atoms with Gasteiger partial charge in [-0.25, -0.2) is 4.39 Å². The monoisotopic (exact) mass is 341 g/mol. The Bertz CT molecular complexity index is 822. The number of aryl methyl sites for hydroxylation is 1. The topological polar surface area (TPSA) is 66.6 Å². The first-order chi connectivity index (χ1) is 12.1. The van der Waals surface area contributed by atoms with E-state index in [-0.39, 0.29) is 11.7 Å². The van der Waals surface area contributed by atoms with Crippen molar-refractivity contribution in [2.24, 2.45) is 5.10 Å². The lowest BCUT2D eigenvalue weighted by Crippen LogP contribution is -2.23. The van der Waals surface area contributed by atoms with Crippen LogP contribution < -0.4 is 10.7 Å². The third-order valence-corrected chi connectivity index (χ3v) is 4.10. The van der Waals surface area contributed by atoms with Gasteiger partial charge in [-0.3, -0.25) is 10.2 Å². The smallest absolute Gasteiger partial charge is 0.287 e. The molecule has 0 radical (unpaired) electrons. The standard InChI is InChI=1S/C19H20FN3O2/c1-3-11-21-19(24)18-12(2)17-15(5-4-6-16(17)25-18)23-22-14-9-7-13(20)8-10-14/h3,7-10,22H,1,4-6,11H2,2H3,(H,21,24)/b23-15+. The van der Waals surface area contributed by atoms with Crippen molar-refractivity contribution in [1.82, 2.24) is 5.32 Å². The van der Waals surface area contributed by atoms with Gasteiger partial charge in [0, 0.05) is 24.1 Å². The number of carbonyl (C=O) groups excluding carboxylic acids is 1. The number of hydrazone groups is 1. The van der Waals surface area contributed by atoms with Crippen molar-refractivity contribution in [3.05, 3.63) is 65.4 Å². The quantitative estimate of drug-likeness (QED) is 0.642. The molecule has 0 unspecified atom stereocenters. The van der Waals surface area contributed by atoms with Crippen molar-refractivity contribution in [3.63, 3.8) is 0 Å². The van der Waals surface area contributed by atoms with Gasteiger partial charge in [0.2, 0.25) is 0 Å². The summed E-state index contributed by atoms with van der Waals surface area (Å²) in [7, 11) is 0. The van der Waals surface area contributed by atoms with Crippen molar-refractivity contribution in [2.45, 2.75) is 26.2 Å². The van der Waals surface area contributed by atoms with E-state index >= 15 is 0 Å². The van der Waals surface area contributed by atoms with Gasteiger partial charge < -0.3 is 9.73 Å². The van der Waals surface area contributed by atoms with Crippen LogP contribution in [0.1, 0.15) is 40.3 Å². The summed E-state index contributed by atoms with van der Waals surface area (Å²) < 4.78 is 18.8. The molecule has 3 rings (SSSR count). The van der Waals surface area contributed by atoms with E-state index in [0.29, 0.717) is 18.0 Å². The average molecular weight is 341 g/mol. The fraction of sp³-hybridized carbons (Fsp3) is 0.263. The van der Waals surface area contributed by atoms with E-state index in [9.17, 15) is 9.18 Å². The lowest BCUT2D eigenvalue weighted by molar-refractivity contribution is 0.0927. The predicted octanol–water partition coefficient (Wildman–Crippen LogP) is 3.80. The normalized spacial score (nSPS) is 14.9. The van der Waals surface area contributed by atoms with E-state index in [1.165, 1.54) is 12.1 Å². The molecule has 0 spiro atoms. The predicted molar refractivity (Wildman–Crippen MR) is 95.5 cm³/mol. The molecule has 1 heterocycles. The molecule has 6 heteroatoms. The van der Waals surface area contributed by atoms with Crippen LogP contribution in [0.25, 0.3) is 0 Å². The third kappa shape index (κ3) is 3.63. The lowest BCUT2D eigenvalue weighted by Gasteiger charge is -2.13. The first-order valence-corrected chi connectivity index (χ1v) is 8.20. The van der Waals surface area contributed by atoms with Gasteiger partial charge in [0.1, 0.15) is 11.6 Å². The summed E-state index contributed by atoms with van der Waals surface area (Å²) in [4.78, 5) is 12.2. The van der Waals surface area contributed by atoms with Gasteiger partial charge in [-0.15, -0.1) is 6.58 Å². The number of hydrogen-bond acceptors (Lipinski definition) is 4. The Morgan fingerprint density at radius 2 is 2.12 bits per heavy atom. The minimum absolute atomic E-state index is 0.252. The van der Waals surface area contributed by atoms with E-state index in [1.54, 1.807) is 18.2 Å². The maximum absolute atomic E-state index is 13.0. The van der Waals surface area contributed by atoms with Gasteiger partial charge in [0.25, 0.3) is 5.91 Å². The van der Waals surface area contributed by atoms with Crippen LogP contribution in [0.4, 0.5) is 10.1 Å². The molecule has 1 aliphatic carbocycles. The Balaban J connectivity index is 1.86. The van der Waals surface area contributed by atoms with Crippen molar-refractivity contribution in [3.8, 4) is 0 Å². The number of benzene rings is 1. The molecule has 0 fully saturated rings. The molecule has 1 amide bonds. The highest BCUT2D eigenvalue weighted by Crippen LogP contribution is 2.30. The Hall–Kier alpha value is -2.89. The zero-order chi connectivity index (χ0) is 17.8. The zero-order valence-electron chi connectivity index (χ0n) is 14.1. The van der Waals surface area contributed by atoms with Gasteiger partial charge in [0.05, 0.1) is 11.4 Å². The number of nitrogens with one attached hydrogen (secondary N) is 2. The number of furan rings is 1. The molecule has 5 nitrogen and oxygen atoms in total. The van der Waals surface area contributed by atoms with Gasteiger partial charge in [-0.05, 0) is 44.0 Å². The highest BCUT2D eigenvalue weighted by molar-refractivity contribution is 6.06. The second-order valence-corrected chi connectivity index (χ2v) is 5.88. The second kappa shape index (κ2) is 7.34. The number of rotatable bonds is 5. The van der Waals surface area contributed by atoms with Crippen LogP contribution in [0.2, 0.25) is 0 Å². The molecule has 0 aliphatic heterocycles. The largest absolute Gasteiger partial charge is 0.455 e. The van der Waals surface area contributed by atoms with Crippen molar-refractivity contribution in [2.75, 3.05) is 12.0 Å². The molecule has 0 bridgehead atoms. The van der Waals surface area contributed by atoms with E-state index in [2.05, 4.69) is 22.4 Å². The number of fused-ring (bicyclic) bond motifs is 1.